The molecule has 4 heteroatoms. The van der Waals surface area contributed by atoms with Gasteiger partial charge >= 0.3 is 0 Å². The van der Waals surface area contributed by atoms with Crippen LogP contribution in [0.5, 0.6) is 0 Å². The van der Waals surface area contributed by atoms with Gasteiger partial charge in [-0.3, -0.25) is 0 Å². The summed E-state index contributed by atoms with van der Waals surface area (Å²) < 4.78 is 11.1. The fourth-order valence-electron chi connectivity index (χ4n) is 0.337. The summed E-state index contributed by atoms with van der Waals surface area (Å²) in [7, 11) is 2.29. The van der Waals surface area contributed by atoms with Gasteiger partial charge in [0.25, 0.3) is 0 Å². The Balaban J connectivity index is 3.44. The summed E-state index contributed by atoms with van der Waals surface area (Å²) in [5, 5.41) is 0.930. The highest BCUT2D eigenvalue weighted by atomic mass is 33.5. The smallest absolute Gasteiger partial charge is 0.141 e. The van der Waals surface area contributed by atoms with Crippen LogP contribution < -0.4 is 0 Å². The minimum absolute atomic E-state index is 0.465. The van der Waals surface area contributed by atoms with Gasteiger partial charge < -0.3 is 0 Å². The van der Waals surface area contributed by atoms with Crippen LogP contribution in [0.3, 0.4) is 0 Å². The Labute approximate surface area is 73.0 Å². The van der Waals surface area contributed by atoms with Crippen LogP contribution in [-0.4, -0.2) is 14.7 Å². The van der Waals surface area contributed by atoms with Gasteiger partial charge in [-0.1, -0.05) is 27.7 Å². The fraction of sp³-hybridized carbons (Fsp3) is 1.00. The molecule has 0 saturated heterocycles. The van der Waals surface area contributed by atoms with E-state index in [0.29, 0.717) is 10.5 Å². The fourth-order valence-corrected chi connectivity index (χ4v) is 6.27. The summed E-state index contributed by atoms with van der Waals surface area (Å²) in [5.41, 5.74) is 0. The molecule has 0 aliphatic rings. The summed E-state index contributed by atoms with van der Waals surface area (Å²) in [4.78, 5) is 0. The van der Waals surface area contributed by atoms with Gasteiger partial charge in [0.15, 0.2) is 0 Å². The lowest BCUT2D eigenvalue weighted by Crippen LogP contribution is -1.92. The maximum atomic E-state index is 11.1. The molecule has 0 aliphatic heterocycles. The molecule has 0 N–H and O–H groups in total. The van der Waals surface area contributed by atoms with Gasteiger partial charge in [-0.25, -0.2) is 4.21 Å². The van der Waals surface area contributed by atoms with Crippen molar-refractivity contribution in [2.75, 3.05) is 0 Å². The highest BCUT2D eigenvalue weighted by molar-refractivity contribution is 9.02. The molecular weight excluding hydrogens is 184 g/mol. The van der Waals surface area contributed by atoms with Crippen molar-refractivity contribution in [3.05, 3.63) is 0 Å². The predicted molar refractivity (Wildman–Crippen MR) is 53.6 cm³/mol. The van der Waals surface area contributed by atoms with E-state index < -0.39 is 8.86 Å². The van der Waals surface area contributed by atoms with Crippen molar-refractivity contribution in [1.82, 2.24) is 0 Å². The van der Waals surface area contributed by atoms with Crippen LogP contribution in [0, 0.1) is 0 Å². The largest absolute Gasteiger partial charge is 0.236 e. The minimum Gasteiger partial charge on any atom is -0.236 e. The van der Waals surface area contributed by atoms with Crippen molar-refractivity contribution in [2.45, 2.75) is 38.2 Å². The molecule has 0 fully saturated rings. The van der Waals surface area contributed by atoms with Gasteiger partial charge in [-0.05, 0) is 21.6 Å². The molecule has 0 amide bonds. The molecule has 0 aromatic rings. The van der Waals surface area contributed by atoms with E-state index in [-0.39, 0.29) is 0 Å². The molecular formula is C6H14OS3. The van der Waals surface area contributed by atoms with Crippen LogP contribution in [0.2, 0.25) is 0 Å². The van der Waals surface area contributed by atoms with Gasteiger partial charge in [0.1, 0.15) is 8.86 Å². The van der Waals surface area contributed by atoms with Crippen molar-refractivity contribution in [2.24, 2.45) is 0 Å². The molecule has 0 aromatic heterocycles. The first kappa shape index (κ1) is 10.8. The third-order valence-electron chi connectivity index (χ3n) is 0.542. The predicted octanol–water partition coefficient (Wildman–Crippen LogP) is 2.85. The second kappa shape index (κ2) is 5.49. The van der Waals surface area contributed by atoms with Crippen molar-refractivity contribution in [1.29, 1.82) is 0 Å². The van der Waals surface area contributed by atoms with Gasteiger partial charge in [-0.2, -0.15) is 0 Å². The quantitative estimate of drug-likeness (QED) is 0.647. The summed E-state index contributed by atoms with van der Waals surface area (Å²) in [6.45, 7) is 8.24. The van der Waals surface area contributed by atoms with E-state index in [0.717, 1.165) is 0 Å². The average molecular weight is 198 g/mol. The second-order valence-corrected chi connectivity index (χ2v) is 8.78. The molecule has 0 radical (unpaired) electrons. The zero-order valence-electron chi connectivity index (χ0n) is 6.79. The zero-order valence-corrected chi connectivity index (χ0v) is 9.24. The van der Waals surface area contributed by atoms with Crippen molar-refractivity contribution in [3.8, 4) is 0 Å². The molecule has 10 heavy (non-hydrogen) atoms. The minimum atomic E-state index is -0.747. The zero-order chi connectivity index (χ0) is 8.15. The van der Waals surface area contributed by atoms with E-state index in [1.54, 1.807) is 0 Å². The van der Waals surface area contributed by atoms with Gasteiger partial charge in [0, 0.05) is 10.5 Å². The van der Waals surface area contributed by atoms with Crippen LogP contribution in [0.15, 0.2) is 0 Å². The van der Waals surface area contributed by atoms with E-state index in [4.69, 9.17) is 0 Å². The molecule has 0 aliphatic carbocycles. The van der Waals surface area contributed by atoms with Crippen LogP contribution in [0.1, 0.15) is 27.7 Å². The normalized spacial score (nSPS) is 11.9. The van der Waals surface area contributed by atoms with E-state index in [2.05, 4.69) is 27.7 Å². The molecule has 0 atom stereocenters. The van der Waals surface area contributed by atoms with Crippen molar-refractivity contribution < 1.29 is 4.21 Å². The first-order chi connectivity index (χ1) is 4.52. The lowest BCUT2D eigenvalue weighted by Gasteiger charge is -2.04. The molecule has 0 heterocycles. The van der Waals surface area contributed by atoms with Crippen molar-refractivity contribution >= 4 is 30.5 Å². The summed E-state index contributed by atoms with van der Waals surface area (Å²) in [6.07, 6.45) is 0. The average Bonchev–Trinajstić information content (AvgIpc) is 1.58. The van der Waals surface area contributed by atoms with Crippen LogP contribution >= 0.6 is 21.6 Å². The van der Waals surface area contributed by atoms with Gasteiger partial charge in [0.2, 0.25) is 0 Å². The van der Waals surface area contributed by atoms with Gasteiger partial charge in [0.05, 0.1) is 0 Å². The van der Waals surface area contributed by atoms with Gasteiger partial charge in [-0.15, -0.1) is 0 Å². The Bertz CT molecular complexity index is 99.6. The number of hydrogen-bond donors (Lipinski definition) is 0. The van der Waals surface area contributed by atoms with Crippen LogP contribution in [0.25, 0.3) is 0 Å². The molecule has 0 rings (SSSR count). The first-order valence-corrected chi connectivity index (χ1v) is 7.22. The Morgan fingerprint density at radius 1 is 1.00 bits per heavy atom. The van der Waals surface area contributed by atoms with E-state index in [1.165, 1.54) is 21.6 Å². The maximum Gasteiger partial charge on any atom is 0.141 e. The van der Waals surface area contributed by atoms with Crippen LogP contribution in [0.4, 0.5) is 0 Å². The molecule has 0 unspecified atom stereocenters. The Morgan fingerprint density at radius 3 is 1.50 bits per heavy atom. The summed E-state index contributed by atoms with van der Waals surface area (Å²) in [6, 6.07) is 0. The molecule has 0 saturated carbocycles. The molecule has 1 nitrogen and oxygen atoms in total. The monoisotopic (exact) mass is 198 g/mol. The summed E-state index contributed by atoms with van der Waals surface area (Å²) in [5.74, 6) is 0. The first-order valence-electron chi connectivity index (χ1n) is 3.28. The maximum absolute atomic E-state index is 11.1. The highest BCUT2D eigenvalue weighted by Gasteiger charge is 2.06. The lowest BCUT2D eigenvalue weighted by atomic mass is 10.6. The Morgan fingerprint density at radius 2 is 1.30 bits per heavy atom. The number of hydrogen-bond acceptors (Lipinski definition) is 3. The Hall–Kier alpha value is 0.850. The third-order valence-corrected chi connectivity index (χ3v) is 6.29. The second-order valence-electron chi connectivity index (χ2n) is 2.49. The van der Waals surface area contributed by atoms with E-state index >= 15 is 0 Å². The highest BCUT2D eigenvalue weighted by Crippen LogP contribution is 2.27. The molecule has 62 valence electrons. The van der Waals surface area contributed by atoms with Crippen LogP contribution in [-0.2, 0) is 8.86 Å². The van der Waals surface area contributed by atoms with E-state index in [9.17, 15) is 4.21 Å². The Kier molecular flexibility index (Phi) is 5.96. The molecule has 0 spiro atoms. The lowest BCUT2D eigenvalue weighted by molar-refractivity contribution is 0.698. The summed E-state index contributed by atoms with van der Waals surface area (Å²) >= 11 is 0. The number of rotatable bonds is 4. The third kappa shape index (κ3) is 6.96. The molecule has 0 aromatic carbocycles. The molecule has 0 bridgehead atoms. The SMILES string of the molecule is CC(C)SS(=O)SC(C)C. The van der Waals surface area contributed by atoms with Crippen molar-refractivity contribution in [3.63, 3.8) is 0 Å². The standard InChI is InChI=1S/C6H14OS3/c1-5(2)8-10(7)9-6(3)4/h5-6H,1-4H3. The topological polar surface area (TPSA) is 17.1 Å². The van der Waals surface area contributed by atoms with E-state index in [1.807, 2.05) is 0 Å².